The Hall–Kier alpha value is -1.64. The smallest absolute Gasteiger partial charge is 0.393 e. The lowest BCUT2D eigenvalue weighted by Crippen LogP contribution is -2.56. The molecule has 0 aromatic carbocycles. The topological polar surface area (TPSA) is 102 Å². The van der Waals surface area contributed by atoms with Gasteiger partial charge < -0.3 is 14.6 Å². The highest BCUT2D eigenvalue weighted by molar-refractivity contribution is 7.91. The Morgan fingerprint density at radius 1 is 1.21 bits per heavy atom. The average molecular weight is 441 g/mol. The minimum absolute atomic E-state index is 0.689. The number of alkyl halides is 6. The molecule has 0 aromatic heterocycles. The molecule has 0 radical (unpaired) electrons. The van der Waals surface area contributed by atoms with Gasteiger partial charge in [-0.15, -0.1) is 0 Å². The lowest BCUT2D eigenvalue weighted by atomic mass is 9.97. The third-order valence-corrected chi connectivity index (χ3v) is 5.40. The molecule has 28 heavy (non-hydrogen) atoms. The maximum absolute atomic E-state index is 12.8. The molecule has 0 heterocycles. The zero-order valence-electron chi connectivity index (χ0n) is 14.2. The summed E-state index contributed by atoms with van der Waals surface area (Å²) in [5.41, 5.74) is 0. The first-order valence-corrected chi connectivity index (χ1v) is 9.07. The van der Waals surface area contributed by atoms with Gasteiger partial charge in [0.2, 0.25) is 15.0 Å². The summed E-state index contributed by atoms with van der Waals surface area (Å²) in [5.74, 6) is -3.74. The quantitative estimate of drug-likeness (QED) is 0.421. The highest BCUT2D eigenvalue weighted by Gasteiger charge is 2.55. The van der Waals surface area contributed by atoms with Crippen LogP contribution in [-0.2, 0) is 24.3 Å². The third-order valence-electron chi connectivity index (χ3n) is 3.53. The zero-order valence-corrected chi connectivity index (χ0v) is 15.1. The summed E-state index contributed by atoms with van der Waals surface area (Å²) in [6.07, 6.45) is -12.1. The molecule has 1 rings (SSSR count). The fraction of sp³-hybridized carbons (Fsp3) is 0.643. The van der Waals surface area contributed by atoms with Gasteiger partial charge in [-0.2, -0.15) is 26.3 Å². The van der Waals surface area contributed by atoms with Crippen molar-refractivity contribution in [3.63, 3.8) is 0 Å². The van der Waals surface area contributed by atoms with Gasteiger partial charge in [-0.3, -0.25) is 4.79 Å². The van der Waals surface area contributed by atoms with Crippen molar-refractivity contribution in [2.45, 2.75) is 36.4 Å². The standard InChI is InChI=1S/C14H17F6NO6S/c1-21-28(24,25)12(5-3-2-4-9(12)11(22)23)27-10(8-14(18,19)20)26-7-6-13(15,16)17/h2-5,9-10,21H,6-8H2,1H3,(H,22,23). The Morgan fingerprint density at radius 3 is 2.29 bits per heavy atom. The molecular formula is C14H17F6NO6S. The molecule has 14 heteroatoms. The lowest BCUT2D eigenvalue weighted by molar-refractivity contribution is -0.247. The minimum atomic E-state index is -5.00. The summed E-state index contributed by atoms with van der Waals surface area (Å²) in [6, 6.07) is 0. The maximum atomic E-state index is 12.8. The second-order valence-corrected chi connectivity index (χ2v) is 7.64. The molecule has 1 aliphatic carbocycles. The van der Waals surface area contributed by atoms with Gasteiger partial charge in [0.25, 0.3) is 0 Å². The molecule has 7 nitrogen and oxygen atoms in total. The third kappa shape index (κ3) is 6.46. The van der Waals surface area contributed by atoms with E-state index >= 15 is 0 Å². The van der Waals surface area contributed by atoms with Gasteiger partial charge in [0, 0.05) is 0 Å². The Morgan fingerprint density at radius 2 is 1.82 bits per heavy atom. The van der Waals surface area contributed by atoms with Crippen LogP contribution in [0.15, 0.2) is 24.3 Å². The number of halogens is 6. The van der Waals surface area contributed by atoms with E-state index < -0.39 is 64.9 Å². The minimum Gasteiger partial charge on any atom is -0.481 e. The van der Waals surface area contributed by atoms with Gasteiger partial charge in [-0.25, -0.2) is 13.1 Å². The van der Waals surface area contributed by atoms with Crippen LogP contribution in [-0.4, -0.2) is 56.7 Å². The lowest BCUT2D eigenvalue weighted by Gasteiger charge is -2.38. The van der Waals surface area contributed by atoms with Gasteiger partial charge >= 0.3 is 18.3 Å². The summed E-state index contributed by atoms with van der Waals surface area (Å²) in [7, 11) is -3.87. The molecule has 0 aromatic rings. The number of hydrogen-bond donors (Lipinski definition) is 2. The number of hydrogen-bond acceptors (Lipinski definition) is 5. The molecule has 0 amide bonds. The van der Waals surface area contributed by atoms with E-state index in [9.17, 15) is 44.7 Å². The first-order chi connectivity index (χ1) is 12.6. The van der Waals surface area contributed by atoms with Crippen molar-refractivity contribution >= 4 is 16.0 Å². The monoisotopic (exact) mass is 441 g/mol. The average Bonchev–Trinajstić information content (AvgIpc) is 2.52. The van der Waals surface area contributed by atoms with Crippen LogP contribution in [0.4, 0.5) is 26.3 Å². The molecule has 162 valence electrons. The van der Waals surface area contributed by atoms with Crippen LogP contribution in [0.2, 0.25) is 0 Å². The Bertz CT molecular complexity index is 717. The van der Waals surface area contributed by atoms with E-state index in [-0.39, 0.29) is 0 Å². The maximum Gasteiger partial charge on any atom is 0.393 e. The number of carboxylic acid groups (broad SMARTS) is 1. The number of sulfonamides is 1. The van der Waals surface area contributed by atoms with E-state index in [2.05, 4.69) is 4.74 Å². The molecular weight excluding hydrogens is 424 g/mol. The van der Waals surface area contributed by atoms with Crippen molar-refractivity contribution in [3.05, 3.63) is 24.3 Å². The van der Waals surface area contributed by atoms with Crippen molar-refractivity contribution in [2.24, 2.45) is 5.92 Å². The largest absolute Gasteiger partial charge is 0.481 e. The molecule has 0 spiro atoms. The predicted molar refractivity (Wildman–Crippen MR) is 82.3 cm³/mol. The summed E-state index contributed by atoms with van der Waals surface area (Å²) in [5, 5.41) is 9.29. The first-order valence-electron chi connectivity index (χ1n) is 7.58. The normalized spacial score (nSPS) is 24.3. The fourth-order valence-electron chi connectivity index (χ4n) is 2.28. The number of nitrogens with one attached hydrogen (secondary N) is 1. The number of ether oxygens (including phenoxy) is 2. The van der Waals surface area contributed by atoms with Crippen LogP contribution in [0.3, 0.4) is 0 Å². The second-order valence-electron chi connectivity index (χ2n) is 5.59. The molecule has 0 saturated heterocycles. The van der Waals surface area contributed by atoms with Crippen LogP contribution in [0.5, 0.6) is 0 Å². The van der Waals surface area contributed by atoms with Crippen LogP contribution < -0.4 is 4.72 Å². The van der Waals surface area contributed by atoms with Crippen molar-refractivity contribution < 1.29 is 54.1 Å². The van der Waals surface area contributed by atoms with E-state index in [0.717, 1.165) is 25.3 Å². The summed E-state index contributed by atoms with van der Waals surface area (Å²) in [4.78, 5) is 8.60. The van der Waals surface area contributed by atoms with E-state index in [0.29, 0.717) is 6.08 Å². The molecule has 3 atom stereocenters. The zero-order chi connectivity index (χ0) is 21.8. The van der Waals surface area contributed by atoms with Gasteiger partial charge in [-0.05, 0) is 13.1 Å². The van der Waals surface area contributed by atoms with Crippen molar-refractivity contribution in [1.29, 1.82) is 0 Å². The highest BCUT2D eigenvalue weighted by Crippen LogP contribution is 2.37. The molecule has 3 unspecified atom stereocenters. The second kappa shape index (κ2) is 8.80. The summed E-state index contributed by atoms with van der Waals surface area (Å²) < 4.78 is 111. The number of carboxylic acids is 1. The van der Waals surface area contributed by atoms with E-state index in [4.69, 9.17) is 4.74 Å². The SMILES string of the molecule is CNS(=O)(=O)C1(OC(CC(F)(F)F)OCCC(F)(F)F)C=CC=CC1C(=O)O. The van der Waals surface area contributed by atoms with Crippen molar-refractivity contribution in [1.82, 2.24) is 4.72 Å². The number of aliphatic carboxylic acids is 1. The predicted octanol–water partition coefficient (Wildman–Crippen LogP) is 2.32. The van der Waals surface area contributed by atoms with Crippen molar-refractivity contribution in [2.75, 3.05) is 13.7 Å². The molecule has 0 aliphatic heterocycles. The van der Waals surface area contributed by atoms with E-state index in [1.807, 2.05) is 0 Å². The van der Waals surface area contributed by atoms with Gasteiger partial charge in [-0.1, -0.05) is 18.2 Å². The van der Waals surface area contributed by atoms with E-state index in [1.165, 1.54) is 0 Å². The van der Waals surface area contributed by atoms with Gasteiger partial charge in [0.15, 0.2) is 6.29 Å². The number of carbonyl (C=O) groups is 1. The van der Waals surface area contributed by atoms with Crippen molar-refractivity contribution in [3.8, 4) is 0 Å². The Kier molecular flexibility index (Phi) is 7.67. The van der Waals surface area contributed by atoms with Crippen LogP contribution >= 0.6 is 0 Å². The Labute approximate surface area is 156 Å². The highest BCUT2D eigenvalue weighted by atomic mass is 32.2. The summed E-state index contributed by atoms with van der Waals surface area (Å²) >= 11 is 0. The molecule has 0 fully saturated rings. The summed E-state index contributed by atoms with van der Waals surface area (Å²) in [6.45, 7) is -1.25. The van der Waals surface area contributed by atoms with Gasteiger partial charge in [0.1, 0.15) is 5.92 Å². The number of rotatable bonds is 9. The van der Waals surface area contributed by atoms with Crippen LogP contribution in [0.1, 0.15) is 12.8 Å². The molecule has 0 saturated carbocycles. The number of allylic oxidation sites excluding steroid dienone is 2. The Balaban J connectivity index is 3.27. The first kappa shape index (κ1) is 24.4. The van der Waals surface area contributed by atoms with E-state index in [1.54, 1.807) is 4.72 Å². The van der Waals surface area contributed by atoms with Crippen LogP contribution in [0, 0.1) is 5.92 Å². The molecule has 0 bridgehead atoms. The fourth-order valence-corrected chi connectivity index (χ4v) is 3.61. The molecule has 1 aliphatic rings. The molecule has 2 N–H and O–H groups in total. The van der Waals surface area contributed by atoms with Gasteiger partial charge in [0.05, 0.1) is 19.4 Å². The van der Waals surface area contributed by atoms with Crippen LogP contribution in [0.25, 0.3) is 0 Å².